The van der Waals surface area contributed by atoms with Crippen LogP contribution in [-0.2, 0) is 11.3 Å². The second-order valence-electron chi connectivity index (χ2n) is 6.53. The molecule has 1 unspecified atom stereocenters. The Bertz CT molecular complexity index is 760. The van der Waals surface area contributed by atoms with Crippen LogP contribution in [-0.4, -0.2) is 17.7 Å². The molecule has 0 N–H and O–H groups in total. The van der Waals surface area contributed by atoms with Gasteiger partial charge in [-0.1, -0.05) is 60.7 Å². The van der Waals surface area contributed by atoms with Crippen molar-refractivity contribution in [3.63, 3.8) is 0 Å². The zero-order chi connectivity index (χ0) is 17.1. The molecule has 0 bridgehead atoms. The smallest absolute Gasteiger partial charge is 0.113 e. The molecule has 0 amide bonds. The fourth-order valence-corrected chi connectivity index (χ4v) is 4.26. The van der Waals surface area contributed by atoms with Crippen molar-refractivity contribution in [3.8, 4) is 0 Å². The van der Waals surface area contributed by atoms with Crippen molar-refractivity contribution in [2.24, 2.45) is 0 Å². The Kier molecular flexibility index (Phi) is 4.97. The van der Waals surface area contributed by atoms with Gasteiger partial charge in [0.25, 0.3) is 0 Å². The normalized spacial score (nSPS) is 17.6. The minimum Gasteiger partial charge on any atom is -0.358 e. The Labute approximate surface area is 153 Å². The van der Waals surface area contributed by atoms with Crippen LogP contribution < -0.4 is 0 Å². The molecule has 1 saturated heterocycles. The van der Waals surface area contributed by atoms with E-state index in [4.69, 9.17) is 4.74 Å². The van der Waals surface area contributed by atoms with Gasteiger partial charge in [-0.3, -0.25) is 4.90 Å². The zero-order valence-corrected chi connectivity index (χ0v) is 15.3. The van der Waals surface area contributed by atoms with E-state index in [-0.39, 0.29) is 12.3 Å². The van der Waals surface area contributed by atoms with Gasteiger partial charge in [0.1, 0.15) is 6.23 Å². The van der Waals surface area contributed by atoms with Crippen molar-refractivity contribution in [2.45, 2.75) is 32.2 Å². The highest BCUT2D eigenvalue weighted by molar-refractivity contribution is 7.11. The first-order chi connectivity index (χ1) is 12.3. The van der Waals surface area contributed by atoms with Gasteiger partial charge in [-0.15, -0.1) is 11.3 Å². The molecule has 1 aromatic heterocycles. The van der Waals surface area contributed by atoms with Gasteiger partial charge in [-0.25, -0.2) is 0 Å². The fraction of sp³-hybridized carbons (Fsp3) is 0.273. The van der Waals surface area contributed by atoms with E-state index in [1.165, 1.54) is 20.9 Å². The molecule has 128 valence electrons. The predicted octanol–water partition coefficient (Wildman–Crippen LogP) is 5.39. The molecule has 1 aliphatic heterocycles. The third kappa shape index (κ3) is 3.69. The summed E-state index contributed by atoms with van der Waals surface area (Å²) in [6, 6.07) is 26.1. The van der Waals surface area contributed by atoms with Gasteiger partial charge in [-0.05, 0) is 30.2 Å². The van der Waals surface area contributed by atoms with E-state index in [1.54, 1.807) is 0 Å². The van der Waals surface area contributed by atoms with Crippen molar-refractivity contribution >= 4 is 11.3 Å². The molecule has 1 fully saturated rings. The van der Waals surface area contributed by atoms with Gasteiger partial charge in [0.05, 0.1) is 12.6 Å². The van der Waals surface area contributed by atoms with Crippen molar-refractivity contribution in [3.05, 3.63) is 93.7 Å². The van der Waals surface area contributed by atoms with Crippen molar-refractivity contribution in [1.29, 1.82) is 0 Å². The Morgan fingerprint density at radius 1 is 0.960 bits per heavy atom. The molecule has 4 rings (SSSR count). The molecule has 1 aliphatic rings. The second kappa shape index (κ2) is 7.52. The highest BCUT2D eigenvalue weighted by Crippen LogP contribution is 2.36. The van der Waals surface area contributed by atoms with Crippen molar-refractivity contribution in [2.75, 3.05) is 6.54 Å². The molecule has 3 aromatic rings. The van der Waals surface area contributed by atoms with Gasteiger partial charge in [0.15, 0.2) is 0 Å². The minimum absolute atomic E-state index is 0.188. The summed E-state index contributed by atoms with van der Waals surface area (Å²) in [7, 11) is 0. The molecular formula is C22H23NOS. The number of nitrogens with zero attached hydrogens (tertiary/aromatic N) is 1. The number of hydrogen-bond acceptors (Lipinski definition) is 3. The summed E-state index contributed by atoms with van der Waals surface area (Å²) < 4.78 is 6.25. The van der Waals surface area contributed by atoms with Crippen molar-refractivity contribution < 1.29 is 4.74 Å². The molecule has 3 heteroatoms. The van der Waals surface area contributed by atoms with E-state index in [0.29, 0.717) is 6.61 Å². The Morgan fingerprint density at radius 3 is 2.08 bits per heavy atom. The lowest BCUT2D eigenvalue weighted by Crippen LogP contribution is -2.51. The molecule has 0 saturated carbocycles. The Morgan fingerprint density at radius 2 is 1.60 bits per heavy atom. The third-order valence-corrected chi connectivity index (χ3v) is 5.75. The van der Waals surface area contributed by atoms with Gasteiger partial charge in [0.2, 0.25) is 0 Å². The van der Waals surface area contributed by atoms with E-state index in [0.717, 1.165) is 13.0 Å². The monoisotopic (exact) mass is 349 g/mol. The maximum atomic E-state index is 6.25. The lowest BCUT2D eigenvalue weighted by atomic mass is 9.94. The molecule has 2 aromatic carbocycles. The maximum Gasteiger partial charge on any atom is 0.113 e. The highest BCUT2D eigenvalue weighted by Gasteiger charge is 2.36. The molecule has 1 atom stereocenters. The van der Waals surface area contributed by atoms with Crippen LogP contribution in [0.3, 0.4) is 0 Å². The standard InChI is InChI=1S/C22H23NOS/c1-17-12-13-20(25-17)16-24-21-14-15-23(21)22(18-8-4-2-5-9-18)19-10-6-3-7-11-19/h2-13,21-22H,14-16H2,1H3. The van der Waals surface area contributed by atoms with Crippen LogP contribution >= 0.6 is 11.3 Å². The van der Waals surface area contributed by atoms with E-state index in [9.17, 15) is 0 Å². The number of aryl methyl sites for hydroxylation is 1. The van der Waals surface area contributed by atoms with Gasteiger partial charge >= 0.3 is 0 Å². The molecule has 25 heavy (non-hydrogen) atoms. The summed E-state index contributed by atoms with van der Waals surface area (Å²) in [6.07, 6.45) is 1.29. The molecule has 2 nitrogen and oxygen atoms in total. The number of hydrogen-bond donors (Lipinski definition) is 0. The van der Waals surface area contributed by atoms with Crippen LogP contribution in [0.15, 0.2) is 72.8 Å². The highest BCUT2D eigenvalue weighted by atomic mass is 32.1. The molecule has 0 spiro atoms. The maximum absolute atomic E-state index is 6.25. The summed E-state index contributed by atoms with van der Waals surface area (Å²) in [5.74, 6) is 0. The SMILES string of the molecule is Cc1ccc(COC2CCN2C(c2ccccc2)c2ccccc2)s1. The zero-order valence-electron chi connectivity index (χ0n) is 14.5. The van der Waals surface area contributed by atoms with Gasteiger partial charge in [-0.2, -0.15) is 0 Å². The summed E-state index contributed by atoms with van der Waals surface area (Å²) in [5, 5.41) is 0. The number of thiophene rings is 1. The first-order valence-electron chi connectivity index (χ1n) is 8.84. The lowest BCUT2D eigenvalue weighted by molar-refractivity contribution is -0.142. The van der Waals surface area contributed by atoms with E-state index in [1.807, 2.05) is 11.3 Å². The summed E-state index contributed by atoms with van der Waals surface area (Å²) in [4.78, 5) is 5.13. The average molecular weight is 349 g/mol. The van der Waals surface area contributed by atoms with E-state index < -0.39 is 0 Å². The molecule has 0 aliphatic carbocycles. The van der Waals surface area contributed by atoms with Gasteiger partial charge < -0.3 is 4.74 Å². The molecular weight excluding hydrogens is 326 g/mol. The molecule has 0 radical (unpaired) electrons. The minimum atomic E-state index is 0.188. The van der Waals surface area contributed by atoms with Crippen LogP contribution in [0.25, 0.3) is 0 Å². The first-order valence-corrected chi connectivity index (χ1v) is 9.65. The number of ether oxygens (including phenoxy) is 1. The quantitative estimate of drug-likeness (QED) is 0.591. The molecule has 2 heterocycles. The van der Waals surface area contributed by atoms with Crippen LogP contribution in [0.5, 0.6) is 0 Å². The van der Waals surface area contributed by atoms with Crippen LogP contribution in [0.4, 0.5) is 0 Å². The third-order valence-electron chi connectivity index (χ3n) is 4.78. The van der Waals surface area contributed by atoms with Gasteiger partial charge in [0, 0.05) is 22.7 Å². The Balaban J connectivity index is 1.53. The summed E-state index contributed by atoms with van der Waals surface area (Å²) in [6.45, 7) is 3.92. The first kappa shape index (κ1) is 16.5. The van der Waals surface area contributed by atoms with Crippen LogP contribution in [0.2, 0.25) is 0 Å². The van der Waals surface area contributed by atoms with Crippen LogP contribution in [0, 0.1) is 6.92 Å². The number of benzene rings is 2. The number of rotatable bonds is 6. The topological polar surface area (TPSA) is 12.5 Å². The van der Waals surface area contributed by atoms with Crippen molar-refractivity contribution in [1.82, 2.24) is 4.90 Å². The Hall–Kier alpha value is -1.94. The summed E-state index contributed by atoms with van der Waals surface area (Å²) in [5.41, 5.74) is 2.66. The van der Waals surface area contributed by atoms with E-state index >= 15 is 0 Å². The van der Waals surface area contributed by atoms with Crippen LogP contribution in [0.1, 0.15) is 33.3 Å². The fourth-order valence-electron chi connectivity index (χ4n) is 3.45. The lowest BCUT2D eigenvalue weighted by Gasteiger charge is -2.46. The van der Waals surface area contributed by atoms with E-state index in [2.05, 4.69) is 84.6 Å². The predicted molar refractivity (Wildman–Crippen MR) is 104 cm³/mol. The number of likely N-dealkylation sites (tertiary alicyclic amines) is 1. The second-order valence-corrected chi connectivity index (χ2v) is 7.90. The largest absolute Gasteiger partial charge is 0.358 e. The summed E-state index contributed by atoms with van der Waals surface area (Å²) >= 11 is 1.82. The average Bonchev–Trinajstić information content (AvgIpc) is 3.05.